The lowest BCUT2D eigenvalue weighted by molar-refractivity contribution is -0.127. The van der Waals surface area contributed by atoms with Gasteiger partial charge in [-0.3, -0.25) is 4.79 Å². The fourth-order valence-corrected chi connectivity index (χ4v) is 2.96. The molecule has 0 bridgehead atoms. The maximum absolute atomic E-state index is 12.5. The number of carbonyl (C=O) groups excluding carboxylic acids is 1. The van der Waals surface area contributed by atoms with Gasteiger partial charge in [-0.25, -0.2) is 5.43 Å². The predicted octanol–water partition coefficient (Wildman–Crippen LogP) is 5.33. The van der Waals surface area contributed by atoms with Crippen molar-refractivity contribution >= 4 is 34.8 Å². The average molecular weight is 413 g/mol. The molecule has 0 saturated carbocycles. The fraction of sp³-hybridized carbons (Fsp3) is 0.0909. The van der Waals surface area contributed by atoms with Crippen molar-refractivity contribution in [2.24, 2.45) is 5.10 Å². The minimum atomic E-state index is -0.796. The van der Waals surface area contributed by atoms with E-state index in [9.17, 15) is 4.79 Å². The van der Waals surface area contributed by atoms with Crippen molar-refractivity contribution in [3.05, 3.63) is 100 Å². The molecule has 1 N–H and O–H groups in total. The molecule has 4 nitrogen and oxygen atoms in total. The average Bonchev–Trinajstić information content (AvgIpc) is 2.71. The van der Waals surface area contributed by atoms with E-state index in [1.807, 2.05) is 60.7 Å². The molecule has 0 radical (unpaired) electrons. The molecule has 0 aliphatic heterocycles. The van der Waals surface area contributed by atoms with Gasteiger partial charge in [-0.1, -0.05) is 83.9 Å². The zero-order valence-corrected chi connectivity index (χ0v) is 16.6. The fourth-order valence-electron chi connectivity index (χ4n) is 2.50. The molecule has 3 aromatic carbocycles. The monoisotopic (exact) mass is 412 g/mol. The lowest BCUT2D eigenvalue weighted by Crippen LogP contribution is -2.34. The quantitative estimate of drug-likeness (QED) is 0.439. The van der Waals surface area contributed by atoms with E-state index in [1.54, 1.807) is 25.1 Å². The minimum absolute atomic E-state index is 0.338. The van der Waals surface area contributed by atoms with E-state index >= 15 is 0 Å². The van der Waals surface area contributed by atoms with E-state index in [2.05, 4.69) is 10.5 Å². The molecule has 0 unspecified atom stereocenters. The summed E-state index contributed by atoms with van der Waals surface area (Å²) in [5.74, 6) is -0.0144. The molecular formula is C22H18Cl2N2O2. The highest BCUT2D eigenvalue weighted by Crippen LogP contribution is 2.28. The smallest absolute Gasteiger partial charge is 0.280 e. The van der Waals surface area contributed by atoms with Crippen LogP contribution in [-0.2, 0) is 4.79 Å². The van der Waals surface area contributed by atoms with Gasteiger partial charge in [0.1, 0.15) is 5.75 Å². The summed E-state index contributed by atoms with van der Waals surface area (Å²) in [6, 6.07) is 24.1. The van der Waals surface area contributed by atoms with Crippen LogP contribution in [0.2, 0.25) is 10.0 Å². The number of hydrogen-bond donors (Lipinski definition) is 1. The summed E-state index contributed by atoms with van der Waals surface area (Å²) in [6.45, 7) is 1.63. The minimum Gasteiger partial charge on any atom is -0.479 e. The van der Waals surface area contributed by atoms with E-state index < -0.39 is 12.0 Å². The Hall–Kier alpha value is -2.82. The number of nitrogens with zero attached hydrogens (tertiary/aromatic N) is 1. The van der Waals surface area contributed by atoms with E-state index in [0.29, 0.717) is 21.5 Å². The largest absolute Gasteiger partial charge is 0.479 e. The molecule has 142 valence electrons. The molecule has 28 heavy (non-hydrogen) atoms. The second kappa shape index (κ2) is 9.40. The van der Waals surface area contributed by atoms with E-state index in [1.165, 1.54) is 0 Å². The Morgan fingerprint density at radius 2 is 1.50 bits per heavy atom. The van der Waals surface area contributed by atoms with Crippen LogP contribution in [-0.4, -0.2) is 17.7 Å². The van der Waals surface area contributed by atoms with Crippen molar-refractivity contribution in [2.75, 3.05) is 0 Å². The van der Waals surface area contributed by atoms with Crippen molar-refractivity contribution in [3.63, 3.8) is 0 Å². The first-order chi connectivity index (χ1) is 13.5. The molecule has 1 atom stereocenters. The van der Waals surface area contributed by atoms with Gasteiger partial charge in [0.25, 0.3) is 5.91 Å². The van der Waals surface area contributed by atoms with Gasteiger partial charge in [-0.15, -0.1) is 0 Å². The third-order valence-corrected chi connectivity index (χ3v) is 4.47. The lowest BCUT2D eigenvalue weighted by Gasteiger charge is -2.15. The van der Waals surface area contributed by atoms with Crippen LogP contribution in [0.4, 0.5) is 0 Å². The molecule has 3 aromatic rings. The molecule has 3 rings (SSSR count). The third-order valence-electron chi connectivity index (χ3n) is 3.94. The van der Waals surface area contributed by atoms with Crippen molar-refractivity contribution in [1.29, 1.82) is 0 Å². The molecule has 6 heteroatoms. The van der Waals surface area contributed by atoms with Gasteiger partial charge >= 0.3 is 0 Å². The number of rotatable bonds is 6. The summed E-state index contributed by atoms with van der Waals surface area (Å²) in [6.07, 6.45) is -0.796. The van der Waals surface area contributed by atoms with Gasteiger partial charge < -0.3 is 4.74 Å². The van der Waals surface area contributed by atoms with Crippen LogP contribution in [0.1, 0.15) is 18.1 Å². The summed E-state index contributed by atoms with van der Waals surface area (Å²) in [7, 11) is 0. The molecule has 0 aromatic heterocycles. The summed E-state index contributed by atoms with van der Waals surface area (Å²) < 4.78 is 5.63. The van der Waals surface area contributed by atoms with Gasteiger partial charge in [-0.2, -0.15) is 5.10 Å². The first kappa shape index (κ1) is 19.9. The number of nitrogens with one attached hydrogen (secondary N) is 1. The highest BCUT2D eigenvalue weighted by molar-refractivity contribution is 6.35. The Morgan fingerprint density at radius 1 is 0.929 bits per heavy atom. The third kappa shape index (κ3) is 5.12. The van der Waals surface area contributed by atoms with Gasteiger partial charge in [0.15, 0.2) is 6.10 Å². The predicted molar refractivity (Wildman–Crippen MR) is 113 cm³/mol. The molecular weight excluding hydrogens is 395 g/mol. The number of halogens is 2. The topological polar surface area (TPSA) is 50.7 Å². The van der Waals surface area contributed by atoms with Gasteiger partial charge in [0.2, 0.25) is 0 Å². The van der Waals surface area contributed by atoms with Crippen LogP contribution in [0.25, 0.3) is 0 Å². The Bertz CT molecular complexity index is 935. The summed E-state index contributed by atoms with van der Waals surface area (Å²) in [5, 5.41) is 5.18. The Balaban J connectivity index is 1.77. The van der Waals surface area contributed by atoms with Crippen LogP contribution < -0.4 is 10.2 Å². The van der Waals surface area contributed by atoms with Gasteiger partial charge in [0, 0.05) is 16.1 Å². The number of carbonyl (C=O) groups is 1. The summed E-state index contributed by atoms with van der Waals surface area (Å²) in [5.41, 5.74) is 5.03. The zero-order chi connectivity index (χ0) is 19.9. The first-order valence-electron chi connectivity index (χ1n) is 8.64. The second-order valence-corrected chi connectivity index (χ2v) is 6.85. The molecule has 0 heterocycles. The van der Waals surface area contributed by atoms with Crippen molar-refractivity contribution in [1.82, 2.24) is 5.43 Å². The van der Waals surface area contributed by atoms with Crippen LogP contribution >= 0.6 is 23.2 Å². The van der Waals surface area contributed by atoms with Crippen molar-refractivity contribution < 1.29 is 9.53 Å². The molecule has 1 amide bonds. The van der Waals surface area contributed by atoms with Crippen molar-refractivity contribution in [3.8, 4) is 5.75 Å². The number of ether oxygens (including phenoxy) is 1. The van der Waals surface area contributed by atoms with E-state index in [-0.39, 0.29) is 0 Å². The van der Waals surface area contributed by atoms with Crippen LogP contribution in [0.15, 0.2) is 84.0 Å². The number of benzene rings is 3. The maximum Gasteiger partial charge on any atom is 0.280 e. The van der Waals surface area contributed by atoms with E-state index in [0.717, 1.165) is 11.1 Å². The summed E-state index contributed by atoms with van der Waals surface area (Å²) >= 11 is 12.0. The molecule has 0 aliphatic carbocycles. The molecule has 0 aliphatic rings. The van der Waals surface area contributed by atoms with Crippen LogP contribution in [0.3, 0.4) is 0 Å². The van der Waals surface area contributed by atoms with Crippen LogP contribution in [0, 0.1) is 0 Å². The zero-order valence-electron chi connectivity index (χ0n) is 15.1. The molecule has 0 spiro atoms. The molecule has 0 saturated heterocycles. The molecule has 0 fully saturated rings. The number of hydrazone groups is 1. The van der Waals surface area contributed by atoms with Gasteiger partial charge in [-0.05, 0) is 25.1 Å². The number of hydrogen-bond acceptors (Lipinski definition) is 3. The normalized spacial score (nSPS) is 11.4. The standard InChI is InChI=1S/C22H18Cl2N2O2/c1-15(28-20-13-12-18(23)14-19(20)24)22(27)26-25-21(16-8-4-2-5-9-16)17-10-6-3-7-11-17/h2-15H,1H3,(H,26,27)/t15-/m1/s1. The summed E-state index contributed by atoms with van der Waals surface area (Å²) in [4.78, 5) is 12.5. The highest BCUT2D eigenvalue weighted by Gasteiger charge is 2.17. The second-order valence-electron chi connectivity index (χ2n) is 6.00. The highest BCUT2D eigenvalue weighted by atomic mass is 35.5. The van der Waals surface area contributed by atoms with E-state index in [4.69, 9.17) is 27.9 Å². The van der Waals surface area contributed by atoms with Crippen molar-refractivity contribution in [2.45, 2.75) is 13.0 Å². The maximum atomic E-state index is 12.5. The Kier molecular flexibility index (Phi) is 6.69. The Morgan fingerprint density at radius 3 is 2.04 bits per heavy atom. The van der Waals surface area contributed by atoms with Crippen LogP contribution in [0.5, 0.6) is 5.75 Å². The lowest BCUT2D eigenvalue weighted by atomic mass is 10.0. The SMILES string of the molecule is C[C@@H](Oc1ccc(Cl)cc1Cl)C(=O)NN=C(c1ccccc1)c1ccccc1. The Labute approximate surface area is 173 Å². The number of amides is 1. The first-order valence-corrected chi connectivity index (χ1v) is 9.40. The van der Waals surface area contributed by atoms with Gasteiger partial charge in [0.05, 0.1) is 10.7 Å².